The number of halogens is 1. The lowest BCUT2D eigenvalue weighted by Gasteiger charge is -2.24. The molecule has 1 N–H and O–H groups in total. The molecule has 1 aliphatic carbocycles. The predicted molar refractivity (Wildman–Crippen MR) is 92.5 cm³/mol. The van der Waals surface area contributed by atoms with E-state index < -0.39 is 0 Å². The molecule has 0 radical (unpaired) electrons. The molecular weight excluding hydrogens is 354 g/mol. The summed E-state index contributed by atoms with van der Waals surface area (Å²) in [5.41, 5.74) is 0.694. The SMILES string of the molecule is Clc1nc(NCc2nccs2)c2nc(OCC3CCC3)sc2n1. The third kappa shape index (κ3) is 3.39. The number of thiazole rings is 2. The molecule has 1 aliphatic rings. The molecule has 3 aromatic heterocycles. The lowest BCUT2D eigenvalue weighted by atomic mass is 9.86. The highest BCUT2D eigenvalue weighted by molar-refractivity contribution is 7.19. The van der Waals surface area contributed by atoms with Gasteiger partial charge in [0.2, 0.25) is 5.28 Å². The Morgan fingerprint density at radius 1 is 1.30 bits per heavy atom. The lowest BCUT2D eigenvalue weighted by Crippen LogP contribution is -2.19. The summed E-state index contributed by atoms with van der Waals surface area (Å²) < 4.78 is 5.80. The summed E-state index contributed by atoms with van der Waals surface area (Å²) in [7, 11) is 0. The zero-order valence-electron chi connectivity index (χ0n) is 12.2. The van der Waals surface area contributed by atoms with Crippen molar-refractivity contribution in [2.45, 2.75) is 25.8 Å². The molecule has 0 spiro atoms. The van der Waals surface area contributed by atoms with E-state index >= 15 is 0 Å². The van der Waals surface area contributed by atoms with Gasteiger partial charge in [0.1, 0.15) is 10.5 Å². The Hall–Kier alpha value is -1.51. The topological polar surface area (TPSA) is 72.8 Å². The minimum Gasteiger partial charge on any atom is -0.470 e. The van der Waals surface area contributed by atoms with Gasteiger partial charge in [-0.3, -0.25) is 0 Å². The fraction of sp³-hybridized carbons (Fsp3) is 0.429. The summed E-state index contributed by atoms with van der Waals surface area (Å²) in [6.07, 6.45) is 5.58. The normalized spacial score (nSPS) is 14.8. The van der Waals surface area contributed by atoms with E-state index in [1.807, 2.05) is 5.38 Å². The number of hydrogen-bond donors (Lipinski definition) is 1. The minimum absolute atomic E-state index is 0.202. The number of anilines is 1. The molecule has 23 heavy (non-hydrogen) atoms. The molecule has 0 bridgehead atoms. The van der Waals surface area contributed by atoms with Crippen LogP contribution in [0.15, 0.2) is 11.6 Å². The maximum atomic E-state index is 6.02. The van der Waals surface area contributed by atoms with Crippen molar-refractivity contribution in [2.75, 3.05) is 11.9 Å². The van der Waals surface area contributed by atoms with Crippen molar-refractivity contribution in [3.8, 4) is 5.19 Å². The van der Waals surface area contributed by atoms with Gasteiger partial charge in [-0.1, -0.05) is 17.8 Å². The Balaban J connectivity index is 1.54. The monoisotopic (exact) mass is 367 g/mol. The van der Waals surface area contributed by atoms with Gasteiger partial charge in [0.15, 0.2) is 10.6 Å². The molecule has 120 valence electrons. The van der Waals surface area contributed by atoms with Gasteiger partial charge in [0, 0.05) is 11.6 Å². The molecule has 1 saturated carbocycles. The van der Waals surface area contributed by atoms with Crippen molar-refractivity contribution in [1.29, 1.82) is 0 Å². The zero-order chi connectivity index (χ0) is 15.6. The standard InChI is InChI=1S/C14H14ClN5OS2/c15-13-19-11(17-6-9-16-4-5-22-9)10-12(20-13)23-14(18-10)21-7-8-2-1-3-8/h4-5,8H,1-3,6-7H2,(H,17,19,20). The van der Waals surface area contributed by atoms with Crippen molar-refractivity contribution < 1.29 is 4.74 Å². The first-order valence-corrected chi connectivity index (χ1v) is 9.44. The highest BCUT2D eigenvalue weighted by Gasteiger charge is 2.20. The van der Waals surface area contributed by atoms with Crippen molar-refractivity contribution in [3.05, 3.63) is 21.9 Å². The molecule has 0 aromatic carbocycles. The smallest absolute Gasteiger partial charge is 0.275 e. The summed E-state index contributed by atoms with van der Waals surface area (Å²) in [6, 6.07) is 0. The van der Waals surface area contributed by atoms with Crippen molar-refractivity contribution in [2.24, 2.45) is 5.92 Å². The van der Waals surface area contributed by atoms with Gasteiger partial charge < -0.3 is 10.1 Å². The summed E-state index contributed by atoms with van der Waals surface area (Å²) in [4.78, 5) is 18.0. The van der Waals surface area contributed by atoms with Gasteiger partial charge in [-0.05, 0) is 30.4 Å². The van der Waals surface area contributed by atoms with E-state index in [4.69, 9.17) is 16.3 Å². The van der Waals surface area contributed by atoms with Crippen LogP contribution in [0.25, 0.3) is 10.3 Å². The number of hydrogen-bond acceptors (Lipinski definition) is 8. The fourth-order valence-corrected chi connectivity index (χ4v) is 3.89. The molecule has 4 rings (SSSR count). The molecular formula is C14H14ClN5OS2. The highest BCUT2D eigenvalue weighted by Crippen LogP contribution is 2.33. The van der Waals surface area contributed by atoms with Gasteiger partial charge in [0.05, 0.1) is 13.2 Å². The maximum absolute atomic E-state index is 6.02. The third-order valence-corrected chi connectivity index (χ3v) is 5.58. The van der Waals surface area contributed by atoms with Crippen LogP contribution in [0, 0.1) is 5.92 Å². The van der Waals surface area contributed by atoms with Gasteiger partial charge in [0.25, 0.3) is 5.19 Å². The predicted octanol–water partition coefficient (Wildman–Crippen LogP) is 3.99. The molecule has 0 unspecified atom stereocenters. The molecule has 0 aliphatic heterocycles. The quantitative estimate of drug-likeness (QED) is 0.664. The average Bonchev–Trinajstić information content (AvgIpc) is 3.11. The summed E-state index contributed by atoms with van der Waals surface area (Å²) in [5.74, 6) is 1.28. The first kappa shape index (κ1) is 15.0. The van der Waals surface area contributed by atoms with E-state index in [9.17, 15) is 0 Å². The molecule has 0 atom stereocenters. The largest absolute Gasteiger partial charge is 0.470 e. The fourth-order valence-electron chi connectivity index (χ4n) is 2.31. The van der Waals surface area contributed by atoms with E-state index in [0.717, 1.165) is 16.4 Å². The van der Waals surface area contributed by atoms with E-state index in [1.54, 1.807) is 17.5 Å². The zero-order valence-corrected chi connectivity index (χ0v) is 14.5. The van der Waals surface area contributed by atoms with Gasteiger partial charge in [-0.2, -0.15) is 9.97 Å². The van der Waals surface area contributed by atoms with Gasteiger partial charge >= 0.3 is 0 Å². The van der Waals surface area contributed by atoms with Crippen LogP contribution in [0.4, 0.5) is 5.82 Å². The van der Waals surface area contributed by atoms with Gasteiger partial charge in [-0.15, -0.1) is 11.3 Å². The summed E-state index contributed by atoms with van der Waals surface area (Å²) in [6.45, 7) is 1.30. The van der Waals surface area contributed by atoms with Crippen LogP contribution < -0.4 is 10.1 Å². The van der Waals surface area contributed by atoms with Gasteiger partial charge in [-0.25, -0.2) is 9.97 Å². The van der Waals surface area contributed by atoms with Crippen LogP contribution >= 0.6 is 34.3 Å². The maximum Gasteiger partial charge on any atom is 0.275 e. The van der Waals surface area contributed by atoms with Crippen molar-refractivity contribution in [1.82, 2.24) is 19.9 Å². The lowest BCUT2D eigenvalue weighted by molar-refractivity contribution is 0.180. The van der Waals surface area contributed by atoms with E-state index in [1.165, 1.54) is 30.6 Å². The average molecular weight is 368 g/mol. The molecule has 3 aromatic rings. The summed E-state index contributed by atoms with van der Waals surface area (Å²) in [5, 5.41) is 6.98. The Morgan fingerprint density at radius 3 is 2.96 bits per heavy atom. The molecule has 3 heterocycles. The van der Waals surface area contributed by atoms with E-state index in [-0.39, 0.29) is 5.28 Å². The number of rotatable bonds is 6. The Bertz CT molecular complexity index is 803. The van der Waals surface area contributed by atoms with Crippen molar-refractivity contribution >= 4 is 50.4 Å². The van der Waals surface area contributed by atoms with Crippen LogP contribution in [-0.2, 0) is 6.54 Å². The highest BCUT2D eigenvalue weighted by atomic mass is 35.5. The third-order valence-electron chi connectivity index (χ3n) is 3.77. The molecule has 9 heteroatoms. The second-order valence-electron chi connectivity index (χ2n) is 5.36. The first-order chi connectivity index (χ1) is 11.3. The van der Waals surface area contributed by atoms with Crippen LogP contribution in [0.3, 0.4) is 0 Å². The van der Waals surface area contributed by atoms with Crippen LogP contribution in [0.1, 0.15) is 24.3 Å². The number of nitrogens with zero attached hydrogens (tertiary/aromatic N) is 4. The molecule has 1 fully saturated rings. The number of ether oxygens (including phenoxy) is 1. The van der Waals surface area contributed by atoms with Crippen LogP contribution in [0.2, 0.25) is 5.28 Å². The Morgan fingerprint density at radius 2 is 2.22 bits per heavy atom. The second-order valence-corrected chi connectivity index (χ2v) is 7.62. The van der Waals surface area contributed by atoms with E-state index in [2.05, 4.69) is 25.3 Å². The molecule has 0 saturated heterocycles. The summed E-state index contributed by atoms with van der Waals surface area (Å²) >= 11 is 9.00. The van der Waals surface area contributed by atoms with Crippen molar-refractivity contribution in [3.63, 3.8) is 0 Å². The molecule has 0 amide bonds. The molecule has 6 nitrogen and oxygen atoms in total. The Labute approximate surface area is 145 Å². The van der Waals surface area contributed by atoms with E-state index in [0.29, 0.717) is 29.0 Å². The minimum atomic E-state index is 0.202. The van der Waals surface area contributed by atoms with Crippen LogP contribution in [0.5, 0.6) is 5.19 Å². The second kappa shape index (κ2) is 6.54. The number of nitrogens with one attached hydrogen (secondary N) is 1. The number of aromatic nitrogens is 4. The van der Waals surface area contributed by atoms with Crippen LogP contribution in [-0.4, -0.2) is 26.5 Å². The Kier molecular flexibility index (Phi) is 4.28. The first-order valence-electron chi connectivity index (χ1n) is 7.37. The number of fused-ring (bicyclic) bond motifs is 1.